The van der Waals surface area contributed by atoms with Crippen molar-refractivity contribution in [3.05, 3.63) is 22.8 Å². The van der Waals surface area contributed by atoms with E-state index in [-0.39, 0.29) is 5.69 Å². The van der Waals surface area contributed by atoms with Crippen molar-refractivity contribution in [2.75, 3.05) is 5.32 Å². The Morgan fingerprint density at radius 2 is 2.44 bits per heavy atom. The number of aromatic carboxylic acids is 1. The number of carboxylic acids is 1. The van der Waals surface area contributed by atoms with Gasteiger partial charge < -0.3 is 14.9 Å². The quantitative estimate of drug-likeness (QED) is 0.826. The summed E-state index contributed by atoms with van der Waals surface area (Å²) in [7, 11) is 0. The van der Waals surface area contributed by atoms with Gasteiger partial charge in [-0.3, -0.25) is 0 Å². The minimum Gasteiger partial charge on any atom is -0.476 e. The van der Waals surface area contributed by atoms with Crippen LogP contribution in [0.4, 0.5) is 5.13 Å². The number of rotatable bonds is 4. The molecule has 2 rings (SSSR count). The Balaban J connectivity index is 1.97. The molecule has 0 radical (unpaired) electrons. The molecule has 0 fully saturated rings. The molecule has 2 heterocycles. The van der Waals surface area contributed by atoms with E-state index < -0.39 is 5.97 Å². The second-order valence-corrected chi connectivity index (χ2v) is 3.79. The van der Waals surface area contributed by atoms with Crippen molar-refractivity contribution < 1.29 is 14.4 Å². The number of anilines is 1. The lowest BCUT2D eigenvalue weighted by molar-refractivity contribution is 0.0691. The number of aryl methyl sites for hydroxylation is 1. The van der Waals surface area contributed by atoms with Gasteiger partial charge in [-0.05, 0) is 6.92 Å². The molecule has 2 N–H and O–H groups in total. The third kappa shape index (κ3) is 2.34. The summed E-state index contributed by atoms with van der Waals surface area (Å²) >= 11 is 1.21. The summed E-state index contributed by atoms with van der Waals surface area (Å²) in [6.45, 7) is 2.05. The number of carbonyl (C=O) groups is 1. The predicted molar refractivity (Wildman–Crippen MR) is 55.4 cm³/mol. The number of carboxylic acid groups (broad SMARTS) is 1. The summed E-state index contributed by atoms with van der Waals surface area (Å²) < 4.78 is 4.88. The first-order valence-corrected chi connectivity index (χ1v) is 5.25. The zero-order valence-electron chi connectivity index (χ0n) is 8.30. The molecule has 0 aromatic carbocycles. The summed E-state index contributed by atoms with van der Waals surface area (Å²) in [6.07, 6.45) is 0. The van der Waals surface area contributed by atoms with Crippen molar-refractivity contribution in [3.8, 4) is 0 Å². The van der Waals surface area contributed by atoms with Crippen molar-refractivity contribution in [1.29, 1.82) is 0 Å². The van der Waals surface area contributed by atoms with Crippen LogP contribution in [-0.2, 0) is 6.54 Å². The highest BCUT2D eigenvalue weighted by atomic mass is 32.1. The summed E-state index contributed by atoms with van der Waals surface area (Å²) in [4.78, 5) is 18.4. The average Bonchev–Trinajstić information content (AvgIpc) is 2.83. The van der Waals surface area contributed by atoms with E-state index >= 15 is 0 Å². The van der Waals surface area contributed by atoms with E-state index in [9.17, 15) is 4.79 Å². The molecule has 8 heteroatoms. The third-order valence-electron chi connectivity index (χ3n) is 1.68. The van der Waals surface area contributed by atoms with Crippen LogP contribution in [0.2, 0.25) is 0 Å². The Hall–Kier alpha value is -1.96. The standard InChI is InChI=1S/C8H8N4O3S/c1-4-10-6(15-12-4)2-9-8-11-5(3-16-8)7(13)14/h3H,2H2,1H3,(H,9,11)(H,13,14). The maximum absolute atomic E-state index is 10.6. The van der Waals surface area contributed by atoms with Crippen LogP contribution in [0, 0.1) is 6.92 Å². The molecule has 0 saturated carbocycles. The van der Waals surface area contributed by atoms with E-state index in [0.717, 1.165) is 0 Å². The van der Waals surface area contributed by atoms with E-state index in [2.05, 4.69) is 20.4 Å². The van der Waals surface area contributed by atoms with Crippen LogP contribution in [0.3, 0.4) is 0 Å². The highest BCUT2D eigenvalue weighted by Crippen LogP contribution is 2.15. The molecular weight excluding hydrogens is 232 g/mol. The predicted octanol–water partition coefficient (Wildman–Crippen LogP) is 1.14. The van der Waals surface area contributed by atoms with Crippen LogP contribution in [0.15, 0.2) is 9.90 Å². The van der Waals surface area contributed by atoms with Crippen molar-refractivity contribution in [1.82, 2.24) is 15.1 Å². The van der Waals surface area contributed by atoms with Gasteiger partial charge in [0.15, 0.2) is 16.6 Å². The molecule has 0 aliphatic carbocycles. The van der Waals surface area contributed by atoms with Crippen LogP contribution >= 0.6 is 11.3 Å². The molecule has 2 aromatic heterocycles. The lowest BCUT2D eigenvalue weighted by Gasteiger charge is -1.95. The molecular formula is C8H8N4O3S. The minimum atomic E-state index is -1.04. The number of nitrogens with one attached hydrogen (secondary N) is 1. The van der Waals surface area contributed by atoms with E-state index in [4.69, 9.17) is 9.63 Å². The SMILES string of the molecule is Cc1noc(CNc2nc(C(=O)O)cs2)n1. The monoisotopic (exact) mass is 240 g/mol. The van der Waals surface area contributed by atoms with E-state index in [1.54, 1.807) is 6.92 Å². The van der Waals surface area contributed by atoms with Gasteiger partial charge in [0.05, 0.1) is 6.54 Å². The smallest absolute Gasteiger partial charge is 0.355 e. The zero-order chi connectivity index (χ0) is 11.5. The topological polar surface area (TPSA) is 101 Å². The number of hydrogen-bond acceptors (Lipinski definition) is 7. The summed E-state index contributed by atoms with van der Waals surface area (Å²) in [5, 5.41) is 17.2. The van der Waals surface area contributed by atoms with Gasteiger partial charge in [0.2, 0.25) is 5.89 Å². The summed E-state index contributed by atoms with van der Waals surface area (Å²) in [6, 6.07) is 0. The fourth-order valence-corrected chi connectivity index (χ4v) is 1.70. The Bertz CT molecular complexity index is 507. The van der Waals surface area contributed by atoms with Gasteiger partial charge >= 0.3 is 5.97 Å². The summed E-state index contributed by atoms with van der Waals surface area (Å²) in [5.41, 5.74) is 0.0224. The van der Waals surface area contributed by atoms with Crippen molar-refractivity contribution in [2.24, 2.45) is 0 Å². The molecule has 0 bridgehead atoms. The van der Waals surface area contributed by atoms with Gasteiger partial charge in [-0.25, -0.2) is 9.78 Å². The maximum Gasteiger partial charge on any atom is 0.355 e. The normalized spacial score (nSPS) is 10.3. The van der Waals surface area contributed by atoms with Crippen LogP contribution in [0.1, 0.15) is 22.2 Å². The fourth-order valence-electron chi connectivity index (χ4n) is 1.02. The molecule has 84 valence electrons. The number of nitrogens with zero attached hydrogens (tertiary/aromatic N) is 3. The fraction of sp³-hybridized carbons (Fsp3) is 0.250. The molecule has 2 aromatic rings. The second-order valence-electron chi connectivity index (χ2n) is 2.93. The molecule has 0 spiro atoms. The zero-order valence-corrected chi connectivity index (χ0v) is 9.11. The Morgan fingerprint density at radius 1 is 1.62 bits per heavy atom. The van der Waals surface area contributed by atoms with Gasteiger partial charge in [0.25, 0.3) is 0 Å². The molecule has 0 amide bonds. The van der Waals surface area contributed by atoms with Gasteiger partial charge in [0, 0.05) is 5.38 Å². The third-order valence-corrected chi connectivity index (χ3v) is 2.48. The van der Waals surface area contributed by atoms with Crippen molar-refractivity contribution in [3.63, 3.8) is 0 Å². The van der Waals surface area contributed by atoms with E-state index in [0.29, 0.717) is 23.4 Å². The Kier molecular flexibility index (Phi) is 2.82. The largest absolute Gasteiger partial charge is 0.476 e. The maximum atomic E-state index is 10.6. The molecule has 0 saturated heterocycles. The minimum absolute atomic E-state index is 0.0224. The van der Waals surface area contributed by atoms with Crippen LogP contribution in [0.25, 0.3) is 0 Å². The molecule has 0 unspecified atom stereocenters. The highest BCUT2D eigenvalue weighted by molar-refractivity contribution is 7.13. The lowest BCUT2D eigenvalue weighted by Crippen LogP contribution is -2.01. The molecule has 7 nitrogen and oxygen atoms in total. The molecule has 0 aliphatic rings. The first kappa shape index (κ1) is 10.6. The first-order chi connectivity index (χ1) is 7.65. The molecule has 16 heavy (non-hydrogen) atoms. The summed E-state index contributed by atoms with van der Waals surface area (Å²) in [5.74, 6) is -0.0512. The van der Waals surface area contributed by atoms with Crippen LogP contribution in [-0.4, -0.2) is 26.2 Å². The van der Waals surface area contributed by atoms with Crippen LogP contribution < -0.4 is 5.32 Å². The second kappa shape index (κ2) is 4.27. The molecule has 0 aliphatic heterocycles. The van der Waals surface area contributed by atoms with E-state index in [1.165, 1.54) is 16.7 Å². The van der Waals surface area contributed by atoms with Crippen molar-refractivity contribution in [2.45, 2.75) is 13.5 Å². The Morgan fingerprint density at radius 3 is 3.00 bits per heavy atom. The number of aromatic nitrogens is 3. The lowest BCUT2D eigenvalue weighted by atomic mass is 10.5. The first-order valence-electron chi connectivity index (χ1n) is 4.37. The number of hydrogen-bond donors (Lipinski definition) is 2. The average molecular weight is 240 g/mol. The van der Waals surface area contributed by atoms with Crippen LogP contribution in [0.5, 0.6) is 0 Å². The van der Waals surface area contributed by atoms with Gasteiger partial charge in [-0.15, -0.1) is 11.3 Å². The highest BCUT2D eigenvalue weighted by Gasteiger charge is 2.09. The van der Waals surface area contributed by atoms with Gasteiger partial charge in [0.1, 0.15) is 0 Å². The van der Waals surface area contributed by atoms with Gasteiger partial charge in [-0.2, -0.15) is 4.98 Å². The van der Waals surface area contributed by atoms with E-state index in [1.807, 2.05) is 0 Å². The van der Waals surface area contributed by atoms with Gasteiger partial charge in [-0.1, -0.05) is 5.16 Å². The Labute approximate surface area is 94.1 Å². The molecule has 0 atom stereocenters. The van der Waals surface area contributed by atoms with Crippen molar-refractivity contribution >= 4 is 22.4 Å². The number of thiazole rings is 1.